The summed E-state index contributed by atoms with van der Waals surface area (Å²) in [7, 11) is -2.00. The average molecular weight is 243 g/mol. The van der Waals surface area contributed by atoms with E-state index >= 15 is 0 Å². The lowest BCUT2D eigenvalue weighted by Gasteiger charge is -2.13. The molecule has 1 amide bonds. The van der Waals surface area contributed by atoms with Crippen molar-refractivity contribution in [3.8, 4) is 0 Å². The molecule has 1 aromatic rings. The Morgan fingerprint density at radius 1 is 1.50 bits per heavy atom. The number of nitrogens with one attached hydrogen (secondary N) is 1. The fourth-order valence-corrected chi connectivity index (χ4v) is 1.29. The van der Waals surface area contributed by atoms with Crippen LogP contribution in [0.4, 0.5) is 5.82 Å². The van der Waals surface area contributed by atoms with Gasteiger partial charge < -0.3 is 5.32 Å². The van der Waals surface area contributed by atoms with Crippen LogP contribution in [-0.2, 0) is 14.8 Å². The molecule has 0 aliphatic rings. The Kier molecular flexibility index (Phi) is 3.97. The molecule has 1 heterocycles. The van der Waals surface area contributed by atoms with Gasteiger partial charge in [-0.3, -0.25) is 4.79 Å². The van der Waals surface area contributed by atoms with Crippen LogP contribution in [0.25, 0.3) is 0 Å². The molecule has 0 aromatic carbocycles. The highest BCUT2D eigenvalue weighted by Gasteiger charge is 2.15. The largest absolute Gasteiger partial charge is 0.310 e. The first-order valence-electron chi connectivity index (χ1n) is 4.52. The first-order valence-corrected chi connectivity index (χ1v) is 6.36. The third-order valence-electron chi connectivity index (χ3n) is 1.86. The number of nitrogens with zero attached hydrogens (tertiary/aromatic N) is 2. The van der Waals surface area contributed by atoms with E-state index in [0.29, 0.717) is 5.82 Å². The van der Waals surface area contributed by atoms with Crippen molar-refractivity contribution in [3.63, 3.8) is 0 Å². The Labute approximate surface area is 94.3 Å². The van der Waals surface area contributed by atoms with Gasteiger partial charge in [-0.05, 0) is 12.1 Å². The molecular formula is C9H13N3O3S. The minimum Gasteiger partial charge on any atom is -0.310 e. The van der Waals surface area contributed by atoms with Crippen LogP contribution in [0.3, 0.4) is 0 Å². The van der Waals surface area contributed by atoms with Crippen molar-refractivity contribution < 1.29 is 13.2 Å². The van der Waals surface area contributed by atoms with Gasteiger partial charge in [0.25, 0.3) is 0 Å². The van der Waals surface area contributed by atoms with Gasteiger partial charge in [0.2, 0.25) is 15.9 Å². The molecule has 0 aliphatic heterocycles. The number of anilines is 1. The Morgan fingerprint density at radius 3 is 2.69 bits per heavy atom. The molecule has 16 heavy (non-hydrogen) atoms. The number of hydrogen-bond donors (Lipinski definition) is 1. The van der Waals surface area contributed by atoms with Crippen LogP contribution in [0.1, 0.15) is 0 Å². The van der Waals surface area contributed by atoms with Crippen molar-refractivity contribution in [2.24, 2.45) is 0 Å². The Balaban J connectivity index is 2.56. The van der Waals surface area contributed by atoms with Crippen LogP contribution in [0, 0.1) is 0 Å². The third-order valence-corrected chi connectivity index (χ3v) is 3.13. The van der Waals surface area contributed by atoms with Crippen molar-refractivity contribution >= 4 is 21.7 Å². The number of carbonyl (C=O) groups is 1. The normalized spacial score (nSPS) is 11.4. The van der Waals surface area contributed by atoms with E-state index in [1.54, 1.807) is 18.2 Å². The van der Waals surface area contributed by atoms with E-state index in [-0.39, 0.29) is 6.54 Å². The fraction of sp³-hybridized carbons (Fsp3) is 0.333. The lowest BCUT2D eigenvalue weighted by atomic mass is 10.4. The molecular weight excluding hydrogens is 230 g/mol. The zero-order valence-electron chi connectivity index (χ0n) is 9.04. The summed E-state index contributed by atoms with van der Waals surface area (Å²) in [6.07, 6.45) is 2.58. The molecule has 0 unspecified atom stereocenters. The molecule has 0 saturated carbocycles. The van der Waals surface area contributed by atoms with Gasteiger partial charge in [0, 0.05) is 13.2 Å². The van der Waals surface area contributed by atoms with E-state index in [2.05, 4.69) is 10.3 Å². The molecule has 1 N–H and O–H groups in total. The van der Waals surface area contributed by atoms with Crippen LogP contribution < -0.4 is 5.32 Å². The van der Waals surface area contributed by atoms with Gasteiger partial charge in [-0.2, -0.15) is 4.31 Å². The standard InChI is InChI=1S/C9H13N3O3S/c1-12(16(2,14)15)7-9(13)11-8-5-3-4-6-10-8/h3-6H,7H2,1-2H3,(H,10,11,13). The predicted molar refractivity (Wildman–Crippen MR) is 60.3 cm³/mol. The number of hydrogen-bond acceptors (Lipinski definition) is 4. The molecule has 1 aromatic heterocycles. The summed E-state index contributed by atoms with van der Waals surface area (Å²) in [5.74, 6) is -0.0268. The SMILES string of the molecule is CN(CC(=O)Nc1ccccn1)S(C)(=O)=O. The number of sulfonamides is 1. The average Bonchev–Trinajstić information content (AvgIpc) is 2.17. The highest BCUT2D eigenvalue weighted by Crippen LogP contribution is 2.00. The smallest absolute Gasteiger partial charge is 0.240 e. The Bertz CT molecular complexity index is 458. The summed E-state index contributed by atoms with van der Waals surface area (Å²) < 4.78 is 23.1. The monoisotopic (exact) mass is 243 g/mol. The molecule has 0 bridgehead atoms. The van der Waals surface area contributed by atoms with Crippen LogP contribution >= 0.6 is 0 Å². The summed E-state index contributed by atoms with van der Waals surface area (Å²) in [6, 6.07) is 5.07. The zero-order chi connectivity index (χ0) is 12.2. The van der Waals surface area contributed by atoms with Gasteiger partial charge >= 0.3 is 0 Å². The van der Waals surface area contributed by atoms with E-state index in [9.17, 15) is 13.2 Å². The van der Waals surface area contributed by atoms with E-state index in [4.69, 9.17) is 0 Å². The van der Waals surface area contributed by atoms with Gasteiger partial charge in [-0.15, -0.1) is 0 Å². The van der Waals surface area contributed by atoms with E-state index < -0.39 is 15.9 Å². The van der Waals surface area contributed by atoms with Gasteiger partial charge in [0.05, 0.1) is 12.8 Å². The lowest BCUT2D eigenvalue weighted by Crippen LogP contribution is -2.34. The number of carbonyl (C=O) groups excluding carboxylic acids is 1. The van der Waals surface area contributed by atoms with Crippen molar-refractivity contribution in [1.29, 1.82) is 0 Å². The van der Waals surface area contributed by atoms with Crippen molar-refractivity contribution in [2.75, 3.05) is 25.2 Å². The number of likely N-dealkylation sites (N-methyl/N-ethyl adjacent to an activating group) is 1. The summed E-state index contributed by atoms with van der Waals surface area (Å²) in [5.41, 5.74) is 0. The topological polar surface area (TPSA) is 79.4 Å². The second-order valence-electron chi connectivity index (χ2n) is 3.28. The number of rotatable bonds is 4. The van der Waals surface area contributed by atoms with Crippen LogP contribution in [0.2, 0.25) is 0 Å². The highest BCUT2D eigenvalue weighted by atomic mass is 32.2. The molecule has 0 saturated heterocycles. The predicted octanol–water partition coefficient (Wildman–Crippen LogP) is -0.0885. The molecule has 0 radical (unpaired) electrons. The molecule has 6 nitrogen and oxygen atoms in total. The molecule has 0 fully saturated rings. The van der Waals surface area contributed by atoms with E-state index in [1.165, 1.54) is 13.2 Å². The maximum absolute atomic E-state index is 11.4. The quantitative estimate of drug-likeness (QED) is 0.801. The Hall–Kier alpha value is -1.47. The lowest BCUT2D eigenvalue weighted by molar-refractivity contribution is -0.116. The molecule has 1 rings (SSSR count). The van der Waals surface area contributed by atoms with Crippen molar-refractivity contribution in [3.05, 3.63) is 24.4 Å². The Morgan fingerprint density at radius 2 is 2.19 bits per heavy atom. The fourth-order valence-electron chi connectivity index (χ4n) is 0.939. The minimum atomic E-state index is -3.34. The first-order chi connectivity index (χ1) is 7.39. The number of aromatic nitrogens is 1. The molecule has 7 heteroatoms. The van der Waals surface area contributed by atoms with Crippen LogP contribution in [0.5, 0.6) is 0 Å². The second-order valence-corrected chi connectivity index (χ2v) is 5.37. The third kappa shape index (κ3) is 3.95. The highest BCUT2D eigenvalue weighted by molar-refractivity contribution is 7.88. The maximum Gasteiger partial charge on any atom is 0.240 e. The van der Waals surface area contributed by atoms with Crippen LogP contribution in [-0.4, -0.2) is 43.5 Å². The number of pyridine rings is 1. The minimum absolute atomic E-state index is 0.227. The molecule has 0 spiro atoms. The maximum atomic E-state index is 11.4. The molecule has 0 atom stereocenters. The van der Waals surface area contributed by atoms with Gasteiger partial charge in [0.15, 0.2) is 0 Å². The molecule has 0 aliphatic carbocycles. The molecule has 88 valence electrons. The van der Waals surface area contributed by atoms with Gasteiger partial charge in [0.1, 0.15) is 5.82 Å². The van der Waals surface area contributed by atoms with E-state index in [1.807, 2.05) is 0 Å². The second kappa shape index (κ2) is 5.04. The first kappa shape index (κ1) is 12.6. The zero-order valence-corrected chi connectivity index (χ0v) is 9.86. The summed E-state index contributed by atoms with van der Waals surface area (Å²) >= 11 is 0. The van der Waals surface area contributed by atoms with Gasteiger partial charge in [-0.1, -0.05) is 6.07 Å². The van der Waals surface area contributed by atoms with Crippen molar-refractivity contribution in [1.82, 2.24) is 9.29 Å². The van der Waals surface area contributed by atoms with Crippen molar-refractivity contribution in [2.45, 2.75) is 0 Å². The van der Waals surface area contributed by atoms with E-state index in [0.717, 1.165) is 10.6 Å². The summed E-state index contributed by atoms with van der Waals surface area (Å²) in [6.45, 7) is -0.227. The van der Waals surface area contributed by atoms with Crippen LogP contribution in [0.15, 0.2) is 24.4 Å². The summed E-state index contributed by atoms with van der Waals surface area (Å²) in [4.78, 5) is 15.3. The summed E-state index contributed by atoms with van der Waals surface area (Å²) in [5, 5.41) is 2.49. The van der Waals surface area contributed by atoms with Gasteiger partial charge in [-0.25, -0.2) is 13.4 Å². The number of amides is 1.